The summed E-state index contributed by atoms with van der Waals surface area (Å²) in [4.78, 5) is 10.7. The average Bonchev–Trinajstić information content (AvgIpc) is 1.83. The molecule has 0 fully saturated rings. The van der Waals surface area contributed by atoms with Crippen LogP contribution in [-0.2, 0) is 14.6 Å². The predicted molar refractivity (Wildman–Crippen MR) is 51.9 cm³/mol. The molecule has 0 spiro atoms. The van der Waals surface area contributed by atoms with E-state index in [1.807, 2.05) is 0 Å². The normalized spacial score (nSPS) is 15.4. The predicted octanol–water partition coefficient (Wildman–Crippen LogP) is 0.321. The van der Waals surface area contributed by atoms with Crippen molar-refractivity contribution in [2.45, 2.75) is 31.9 Å². The first-order valence-electron chi connectivity index (χ1n) is 4.07. The lowest BCUT2D eigenvalue weighted by Crippen LogP contribution is -2.36. The zero-order valence-corrected chi connectivity index (χ0v) is 9.31. The quantitative estimate of drug-likeness (QED) is 0.721. The fourth-order valence-corrected chi connectivity index (χ4v) is 1.54. The number of carbonyl (C=O) groups is 1. The first-order valence-corrected chi connectivity index (χ1v) is 5.96. The Morgan fingerprint density at radius 1 is 1.46 bits per heavy atom. The van der Waals surface area contributed by atoms with Gasteiger partial charge < -0.3 is 5.73 Å². The van der Waals surface area contributed by atoms with E-state index in [2.05, 4.69) is 0 Å². The number of nitrogens with two attached hydrogens (primary N) is 1. The van der Waals surface area contributed by atoms with Gasteiger partial charge >= 0.3 is 0 Å². The van der Waals surface area contributed by atoms with Crippen LogP contribution in [-0.4, -0.2) is 25.3 Å². The standard InChI is InChI=1S/C8H17NO3S/c1-6(7(9)10)5-8(2,3)13(4,11)12/h6H,5H2,1-4H3,(H2,9,10). The zero-order chi connectivity index (χ0) is 10.9. The van der Waals surface area contributed by atoms with Crippen LogP contribution in [0.25, 0.3) is 0 Å². The van der Waals surface area contributed by atoms with Gasteiger partial charge in [-0.3, -0.25) is 4.79 Å². The largest absolute Gasteiger partial charge is 0.369 e. The van der Waals surface area contributed by atoms with E-state index in [0.717, 1.165) is 0 Å². The molecule has 1 atom stereocenters. The van der Waals surface area contributed by atoms with Crippen LogP contribution < -0.4 is 5.73 Å². The van der Waals surface area contributed by atoms with Crippen molar-refractivity contribution in [1.29, 1.82) is 0 Å². The third-order valence-electron chi connectivity index (χ3n) is 2.29. The van der Waals surface area contributed by atoms with Gasteiger partial charge in [-0.25, -0.2) is 8.42 Å². The van der Waals surface area contributed by atoms with Crippen molar-refractivity contribution >= 4 is 15.7 Å². The van der Waals surface area contributed by atoms with Crippen molar-refractivity contribution in [2.24, 2.45) is 11.7 Å². The second kappa shape index (κ2) is 3.65. The monoisotopic (exact) mass is 207 g/mol. The van der Waals surface area contributed by atoms with E-state index in [-0.39, 0.29) is 6.42 Å². The minimum Gasteiger partial charge on any atom is -0.369 e. The number of amides is 1. The summed E-state index contributed by atoms with van der Waals surface area (Å²) in [5, 5.41) is 0. The lowest BCUT2D eigenvalue weighted by atomic mass is 9.98. The second-order valence-electron chi connectivity index (χ2n) is 4.04. The maximum absolute atomic E-state index is 11.3. The van der Waals surface area contributed by atoms with E-state index in [4.69, 9.17) is 5.73 Å². The molecular formula is C8H17NO3S. The van der Waals surface area contributed by atoms with Gasteiger partial charge in [0.1, 0.15) is 0 Å². The molecule has 78 valence electrons. The first kappa shape index (κ1) is 12.4. The lowest BCUT2D eigenvalue weighted by molar-refractivity contribution is -0.121. The van der Waals surface area contributed by atoms with Gasteiger partial charge in [-0.15, -0.1) is 0 Å². The molecule has 5 heteroatoms. The van der Waals surface area contributed by atoms with Gasteiger partial charge in [0.2, 0.25) is 5.91 Å². The third kappa shape index (κ3) is 3.34. The van der Waals surface area contributed by atoms with E-state index in [1.165, 1.54) is 6.26 Å². The number of hydrogen-bond donors (Lipinski definition) is 1. The SMILES string of the molecule is CC(CC(C)(C)S(C)(=O)=O)C(N)=O. The molecule has 2 N–H and O–H groups in total. The molecule has 0 aromatic rings. The molecule has 0 aromatic heterocycles. The molecular weight excluding hydrogens is 190 g/mol. The van der Waals surface area contributed by atoms with Crippen LogP contribution in [0.15, 0.2) is 0 Å². The molecule has 0 aromatic carbocycles. The van der Waals surface area contributed by atoms with E-state index >= 15 is 0 Å². The van der Waals surface area contributed by atoms with Gasteiger partial charge in [0.15, 0.2) is 9.84 Å². The summed E-state index contributed by atoms with van der Waals surface area (Å²) in [7, 11) is -3.14. The summed E-state index contributed by atoms with van der Waals surface area (Å²) in [5.41, 5.74) is 5.05. The molecule has 0 aliphatic rings. The molecule has 0 bridgehead atoms. The van der Waals surface area contributed by atoms with Crippen LogP contribution in [0.1, 0.15) is 27.2 Å². The number of carbonyl (C=O) groups excluding carboxylic acids is 1. The van der Waals surface area contributed by atoms with Crippen molar-refractivity contribution in [1.82, 2.24) is 0 Å². The first-order chi connectivity index (χ1) is 5.58. The van der Waals surface area contributed by atoms with Crippen molar-refractivity contribution in [3.05, 3.63) is 0 Å². The minimum atomic E-state index is -3.14. The Morgan fingerprint density at radius 2 is 1.85 bits per heavy atom. The maximum Gasteiger partial charge on any atom is 0.220 e. The molecule has 0 radical (unpaired) electrons. The van der Waals surface area contributed by atoms with E-state index in [1.54, 1.807) is 20.8 Å². The summed E-state index contributed by atoms with van der Waals surface area (Å²) < 4.78 is 21.6. The summed E-state index contributed by atoms with van der Waals surface area (Å²) in [5.74, 6) is -0.874. The number of primary amides is 1. The Bertz CT molecular complexity index is 293. The van der Waals surface area contributed by atoms with Crippen molar-refractivity contribution in [2.75, 3.05) is 6.26 Å². The van der Waals surface area contributed by atoms with Gasteiger partial charge in [0.25, 0.3) is 0 Å². The summed E-state index contributed by atoms with van der Waals surface area (Å²) in [6.45, 7) is 4.83. The Hall–Kier alpha value is -0.580. The fourth-order valence-electron chi connectivity index (χ4n) is 0.989. The van der Waals surface area contributed by atoms with Crippen LogP contribution in [0.2, 0.25) is 0 Å². The van der Waals surface area contributed by atoms with Crippen LogP contribution in [0.5, 0.6) is 0 Å². The molecule has 0 saturated heterocycles. The van der Waals surface area contributed by atoms with E-state index in [9.17, 15) is 13.2 Å². The van der Waals surface area contributed by atoms with Gasteiger partial charge in [0.05, 0.1) is 4.75 Å². The average molecular weight is 207 g/mol. The van der Waals surface area contributed by atoms with E-state index in [0.29, 0.717) is 0 Å². The fraction of sp³-hybridized carbons (Fsp3) is 0.875. The highest BCUT2D eigenvalue weighted by Crippen LogP contribution is 2.24. The van der Waals surface area contributed by atoms with Gasteiger partial charge in [-0.05, 0) is 20.3 Å². The molecule has 0 heterocycles. The number of hydrogen-bond acceptors (Lipinski definition) is 3. The van der Waals surface area contributed by atoms with Crippen LogP contribution >= 0.6 is 0 Å². The van der Waals surface area contributed by atoms with Crippen LogP contribution in [0.3, 0.4) is 0 Å². The van der Waals surface area contributed by atoms with Gasteiger partial charge in [0, 0.05) is 12.2 Å². The van der Waals surface area contributed by atoms with Crippen molar-refractivity contribution in [3.8, 4) is 0 Å². The smallest absolute Gasteiger partial charge is 0.220 e. The Balaban J connectivity index is 4.62. The molecule has 1 unspecified atom stereocenters. The van der Waals surface area contributed by atoms with Crippen LogP contribution in [0.4, 0.5) is 0 Å². The topological polar surface area (TPSA) is 77.2 Å². The summed E-state index contributed by atoms with van der Waals surface area (Å²) in [6, 6.07) is 0. The second-order valence-corrected chi connectivity index (χ2v) is 6.69. The molecule has 0 rings (SSSR count). The Labute approximate surface area is 79.4 Å². The summed E-state index contributed by atoms with van der Waals surface area (Å²) >= 11 is 0. The Morgan fingerprint density at radius 3 is 2.08 bits per heavy atom. The van der Waals surface area contributed by atoms with Gasteiger partial charge in [-0.2, -0.15) is 0 Å². The van der Waals surface area contributed by atoms with Crippen molar-refractivity contribution < 1.29 is 13.2 Å². The third-order valence-corrected chi connectivity index (χ3v) is 4.46. The highest BCUT2D eigenvalue weighted by Gasteiger charge is 2.33. The molecule has 4 nitrogen and oxygen atoms in total. The molecule has 1 amide bonds. The molecule has 0 aliphatic carbocycles. The lowest BCUT2D eigenvalue weighted by Gasteiger charge is -2.24. The number of rotatable bonds is 4. The highest BCUT2D eigenvalue weighted by atomic mass is 32.2. The Kier molecular flexibility index (Phi) is 3.49. The zero-order valence-electron chi connectivity index (χ0n) is 8.49. The molecule has 0 saturated carbocycles. The van der Waals surface area contributed by atoms with E-state index < -0.39 is 26.4 Å². The molecule has 13 heavy (non-hydrogen) atoms. The minimum absolute atomic E-state index is 0.265. The highest BCUT2D eigenvalue weighted by molar-refractivity contribution is 7.92. The van der Waals surface area contributed by atoms with Crippen LogP contribution in [0, 0.1) is 5.92 Å². The maximum atomic E-state index is 11.3. The van der Waals surface area contributed by atoms with Crippen molar-refractivity contribution in [3.63, 3.8) is 0 Å². The molecule has 0 aliphatic heterocycles. The number of sulfone groups is 1. The summed E-state index contributed by atoms with van der Waals surface area (Å²) in [6.07, 6.45) is 1.43. The van der Waals surface area contributed by atoms with Gasteiger partial charge in [-0.1, -0.05) is 6.92 Å².